The summed E-state index contributed by atoms with van der Waals surface area (Å²) >= 11 is 0. The van der Waals surface area contributed by atoms with Crippen LogP contribution in [0.25, 0.3) is 0 Å². The topological polar surface area (TPSA) is 29.3 Å². The van der Waals surface area contributed by atoms with Gasteiger partial charge in [0.2, 0.25) is 0 Å². The zero-order valence-electron chi connectivity index (χ0n) is 11.7. The number of hydrogen-bond donors (Lipinski definition) is 1. The first-order chi connectivity index (χ1) is 8.19. The van der Waals surface area contributed by atoms with E-state index in [1.54, 1.807) is 6.42 Å². The average Bonchev–Trinajstić information content (AvgIpc) is 2.87. The first kappa shape index (κ1) is 13.4. The Bertz CT molecular complexity index is 229. The highest BCUT2D eigenvalue weighted by Crippen LogP contribution is 2.48. The van der Waals surface area contributed by atoms with Crippen LogP contribution in [0, 0.1) is 23.7 Å². The monoisotopic (exact) mass is 238 g/mol. The Hall–Kier alpha value is -0.0800. The quantitative estimate of drug-likeness (QED) is 0.739. The standard InChI is InChI=1S/C15H30N2/c1-12(4-3-7-16)10-17(2)11-15-9-13-5-6-14(15)8-13/h12-15H,3-11,16H2,1-2H3. The number of nitrogens with two attached hydrogens (primary N) is 1. The Kier molecular flexibility index (Phi) is 4.87. The minimum Gasteiger partial charge on any atom is -0.330 e. The van der Waals surface area contributed by atoms with E-state index in [9.17, 15) is 0 Å². The maximum atomic E-state index is 5.57. The third-order valence-corrected chi connectivity index (χ3v) is 4.96. The Morgan fingerprint density at radius 1 is 1.29 bits per heavy atom. The van der Waals surface area contributed by atoms with E-state index in [0.717, 1.165) is 30.2 Å². The number of nitrogens with zero attached hydrogens (tertiary/aromatic N) is 1. The molecule has 2 nitrogen and oxygen atoms in total. The zero-order valence-corrected chi connectivity index (χ0v) is 11.7. The van der Waals surface area contributed by atoms with Crippen LogP contribution in [-0.2, 0) is 0 Å². The summed E-state index contributed by atoms with van der Waals surface area (Å²) in [5, 5.41) is 0. The van der Waals surface area contributed by atoms with Crippen LogP contribution in [0.15, 0.2) is 0 Å². The SMILES string of the molecule is CC(CCCN)CN(C)CC1CC2CCC1C2. The first-order valence-electron chi connectivity index (χ1n) is 7.57. The lowest BCUT2D eigenvalue weighted by molar-refractivity contribution is 0.197. The highest BCUT2D eigenvalue weighted by molar-refractivity contribution is 4.91. The fourth-order valence-corrected chi connectivity index (χ4v) is 4.16. The van der Waals surface area contributed by atoms with Gasteiger partial charge in [0.15, 0.2) is 0 Å². The highest BCUT2D eigenvalue weighted by atomic mass is 15.1. The van der Waals surface area contributed by atoms with Gasteiger partial charge in [-0.3, -0.25) is 0 Å². The largest absolute Gasteiger partial charge is 0.330 e. The molecular formula is C15H30N2. The fourth-order valence-electron chi connectivity index (χ4n) is 4.16. The molecule has 17 heavy (non-hydrogen) atoms. The van der Waals surface area contributed by atoms with Crippen LogP contribution in [-0.4, -0.2) is 31.6 Å². The lowest BCUT2D eigenvalue weighted by Crippen LogP contribution is -2.32. The minimum atomic E-state index is 0.808. The summed E-state index contributed by atoms with van der Waals surface area (Å²) in [6.07, 6.45) is 8.58. The van der Waals surface area contributed by atoms with Gasteiger partial charge in [-0.25, -0.2) is 0 Å². The van der Waals surface area contributed by atoms with Crippen LogP contribution in [0.4, 0.5) is 0 Å². The van der Waals surface area contributed by atoms with Crippen LogP contribution in [0.2, 0.25) is 0 Å². The van der Waals surface area contributed by atoms with E-state index in [1.165, 1.54) is 45.2 Å². The molecule has 0 saturated heterocycles. The predicted octanol–water partition coefficient (Wildman–Crippen LogP) is 2.73. The summed E-state index contributed by atoms with van der Waals surface area (Å²) in [6.45, 7) is 5.81. The lowest BCUT2D eigenvalue weighted by Gasteiger charge is -2.28. The van der Waals surface area contributed by atoms with Gasteiger partial charge in [0, 0.05) is 13.1 Å². The molecular weight excluding hydrogens is 208 g/mol. The van der Waals surface area contributed by atoms with E-state index in [2.05, 4.69) is 18.9 Å². The van der Waals surface area contributed by atoms with E-state index in [-0.39, 0.29) is 0 Å². The molecule has 2 bridgehead atoms. The molecule has 2 aliphatic carbocycles. The van der Waals surface area contributed by atoms with Crippen molar-refractivity contribution in [3.8, 4) is 0 Å². The molecule has 0 aromatic heterocycles. The molecule has 0 spiro atoms. The van der Waals surface area contributed by atoms with Crippen LogP contribution < -0.4 is 5.73 Å². The fraction of sp³-hybridized carbons (Fsp3) is 1.00. The first-order valence-corrected chi connectivity index (χ1v) is 7.57. The van der Waals surface area contributed by atoms with Crippen LogP contribution >= 0.6 is 0 Å². The molecule has 0 aliphatic heterocycles. The van der Waals surface area contributed by atoms with Gasteiger partial charge in [-0.15, -0.1) is 0 Å². The maximum Gasteiger partial charge on any atom is 0.000947 e. The maximum absolute atomic E-state index is 5.57. The molecule has 100 valence electrons. The molecule has 0 heterocycles. The van der Waals surface area contributed by atoms with Gasteiger partial charge in [0.05, 0.1) is 0 Å². The average molecular weight is 238 g/mol. The van der Waals surface area contributed by atoms with Gasteiger partial charge in [-0.05, 0) is 69.4 Å². The van der Waals surface area contributed by atoms with Crippen molar-refractivity contribution < 1.29 is 0 Å². The summed E-state index contributed by atoms with van der Waals surface area (Å²) in [6, 6.07) is 0. The van der Waals surface area contributed by atoms with Gasteiger partial charge in [0.25, 0.3) is 0 Å². The van der Waals surface area contributed by atoms with Crippen molar-refractivity contribution in [1.29, 1.82) is 0 Å². The van der Waals surface area contributed by atoms with Crippen molar-refractivity contribution in [2.24, 2.45) is 29.4 Å². The highest BCUT2D eigenvalue weighted by Gasteiger charge is 2.39. The van der Waals surface area contributed by atoms with Gasteiger partial charge < -0.3 is 10.6 Å². The van der Waals surface area contributed by atoms with Crippen molar-refractivity contribution in [2.75, 3.05) is 26.7 Å². The molecule has 4 unspecified atom stereocenters. The number of hydrogen-bond acceptors (Lipinski definition) is 2. The molecule has 2 N–H and O–H groups in total. The summed E-state index contributed by atoms with van der Waals surface area (Å²) < 4.78 is 0. The summed E-state index contributed by atoms with van der Waals surface area (Å²) in [4.78, 5) is 2.58. The van der Waals surface area contributed by atoms with Crippen LogP contribution in [0.3, 0.4) is 0 Å². The van der Waals surface area contributed by atoms with Crippen molar-refractivity contribution in [3.05, 3.63) is 0 Å². The van der Waals surface area contributed by atoms with Crippen LogP contribution in [0.1, 0.15) is 45.4 Å². The van der Waals surface area contributed by atoms with Crippen molar-refractivity contribution in [3.63, 3.8) is 0 Å². The molecule has 2 fully saturated rings. The van der Waals surface area contributed by atoms with E-state index in [4.69, 9.17) is 5.73 Å². The summed E-state index contributed by atoms with van der Waals surface area (Å²) in [5.41, 5.74) is 5.57. The van der Waals surface area contributed by atoms with Crippen LogP contribution in [0.5, 0.6) is 0 Å². The second kappa shape index (κ2) is 6.19. The molecule has 4 atom stereocenters. The molecule has 2 heteroatoms. The van der Waals surface area contributed by atoms with Crippen molar-refractivity contribution in [2.45, 2.75) is 45.4 Å². The number of fused-ring (bicyclic) bond motifs is 2. The Balaban J connectivity index is 1.65. The normalized spacial score (nSPS) is 33.5. The molecule has 0 aromatic rings. The summed E-state index contributed by atoms with van der Waals surface area (Å²) in [5.74, 6) is 3.98. The molecule has 2 saturated carbocycles. The van der Waals surface area contributed by atoms with E-state index >= 15 is 0 Å². The predicted molar refractivity (Wildman–Crippen MR) is 73.9 cm³/mol. The van der Waals surface area contributed by atoms with E-state index in [1.807, 2.05) is 0 Å². The third kappa shape index (κ3) is 3.69. The lowest BCUT2D eigenvalue weighted by atomic mass is 9.88. The second-order valence-electron chi connectivity index (χ2n) is 6.69. The third-order valence-electron chi connectivity index (χ3n) is 4.96. The van der Waals surface area contributed by atoms with E-state index < -0.39 is 0 Å². The second-order valence-corrected chi connectivity index (χ2v) is 6.69. The zero-order chi connectivity index (χ0) is 12.3. The number of rotatable bonds is 7. The molecule has 0 aromatic carbocycles. The van der Waals surface area contributed by atoms with Gasteiger partial charge in [0.1, 0.15) is 0 Å². The smallest absolute Gasteiger partial charge is 0.000947 e. The minimum absolute atomic E-state index is 0.808. The molecule has 0 amide bonds. The molecule has 2 rings (SSSR count). The van der Waals surface area contributed by atoms with Gasteiger partial charge >= 0.3 is 0 Å². The van der Waals surface area contributed by atoms with Gasteiger partial charge in [-0.1, -0.05) is 13.3 Å². The molecule has 2 aliphatic rings. The van der Waals surface area contributed by atoms with E-state index in [0.29, 0.717) is 0 Å². The Morgan fingerprint density at radius 3 is 2.71 bits per heavy atom. The Morgan fingerprint density at radius 2 is 2.12 bits per heavy atom. The molecule has 0 radical (unpaired) electrons. The summed E-state index contributed by atoms with van der Waals surface area (Å²) in [7, 11) is 2.31. The van der Waals surface area contributed by atoms with Gasteiger partial charge in [-0.2, -0.15) is 0 Å². The Labute approximate surface area is 107 Å². The van der Waals surface area contributed by atoms with Crippen molar-refractivity contribution >= 4 is 0 Å². The van der Waals surface area contributed by atoms with Crippen molar-refractivity contribution in [1.82, 2.24) is 4.90 Å².